The molecular formula is C21H36O4. The summed E-state index contributed by atoms with van der Waals surface area (Å²) in [5.74, 6) is 0.817. The fourth-order valence-corrected chi connectivity index (χ4v) is 5.42. The van der Waals surface area contributed by atoms with Crippen molar-refractivity contribution < 1.29 is 19.1 Å². The van der Waals surface area contributed by atoms with Gasteiger partial charge in [0.15, 0.2) is 0 Å². The molecule has 2 fully saturated rings. The zero-order valence-electron chi connectivity index (χ0n) is 16.7. The van der Waals surface area contributed by atoms with E-state index in [0.29, 0.717) is 41.8 Å². The van der Waals surface area contributed by atoms with Gasteiger partial charge in [-0.15, -0.1) is 0 Å². The summed E-state index contributed by atoms with van der Waals surface area (Å²) in [6.45, 7) is 11.1. The summed E-state index contributed by atoms with van der Waals surface area (Å²) in [6, 6.07) is 0. The quantitative estimate of drug-likeness (QED) is 0.670. The highest BCUT2D eigenvalue weighted by Gasteiger charge is 2.45. The third-order valence-electron chi connectivity index (χ3n) is 6.61. The summed E-state index contributed by atoms with van der Waals surface area (Å²) < 4.78 is 10.6. The molecule has 144 valence electrons. The molecule has 0 amide bonds. The smallest absolute Gasteiger partial charge is 0.302 e. The Kier molecular flexibility index (Phi) is 6.56. The standard InChI is InChI=1S/C21H36O4/c1-15(22)24-12-17-7-8-19(11-18(17)13-25-16(2)23)21(5)10-6-9-20(3,4)14-21/h17-19H,6-14H2,1-5H3/t17-,18+,19?,21?/m0/s1. The van der Waals surface area contributed by atoms with Gasteiger partial charge in [0.05, 0.1) is 13.2 Å². The first kappa shape index (κ1) is 20.3. The van der Waals surface area contributed by atoms with Crippen LogP contribution in [-0.4, -0.2) is 25.2 Å². The van der Waals surface area contributed by atoms with Gasteiger partial charge in [-0.25, -0.2) is 0 Å². The topological polar surface area (TPSA) is 52.6 Å². The molecule has 4 heteroatoms. The minimum atomic E-state index is -0.227. The minimum absolute atomic E-state index is 0.224. The third kappa shape index (κ3) is 5.72. The highest BCUT2D eigenvalue weighted by Crippen LogP contribution is 2.54. The second-order valence-corrected chi connectivity index (χ2v) is 9.48. The zero-order chi connectivity index (χ0) is 18.7. The van der Waals surface area contributed by atoms with E-state index in [2.05, 4.69) is 20.8 Å². The van der Waals surface area contributed by atoms with E-state index in [-0.39, 0.29) is 11.9 Å². The molecule has 0 radical (unpaired) electrons. The molecule has 2 aliphatic carbocycles. The van der Waals surface area contributed by atoms with Gasteiger partial charge in [-0.1, -0.05) is 27.2 Å². The van der Waals surface area contributed by atoms with E-state index in [0.717, 1.165) is 12.8 Å². The highest BCUT2D eigenvalue weighted by atomic mass is 16.5. The average Bonchev–Trinajstić information content (AvgIpc) is 2.49. The Balaban J connectivity index is 2.05. The zero-order valence-corrected chi connectivity index (χ0v) is 16.7. The fraction of sp³-hybridized carbons (Fsp3) is 0.905. The van der Waals surface area contributed by atoms with E-state index in [1.54, 1.807) is 0 Å². The number of hydrogen-bond acceptors (Lipinski definition) is 4. The van der Waals surface area contributed by atoms with Crippen LogP contribution in [0.1, 0.15) is 79.6 Å². The molecule has 2 saturated carbocycles. The Hall–Kier alpha value is -1.06. The van der Waals surface area contributed by atoms with Crippen LogP contribution < -0.4 is 0 Å². The van der Waals surface area contributed by atoms with Gasteiger partial charge in [-0.05, 0) is 67.1 Å². The van der Waals surface area contributed by atoms with E-state index in [1.165, 1.54) is 46.0 Å². The van der Waals surface area contributed by atoms with Gasteiger partial charge in [-0.3, -0.25) is 9.59 Å². The lowest BCUT2D eigenvalue weighted by atomic mass is 9.55. The first-order valence-corrected chi connectivity index (χ1v) is 9.88. The van der Waals surface area contributed by atoms with Gasteiger partial charge in [0.25, 0.3) is 0 Å². The Morgan fingerprint density at radius 1 is 0.920 bits per heavy atom. The van der Waals surface area contributed by atoms with E-state index >= 15 is 0 Å². The monoisotopic (exact) mass is 352 g/mol. The van der Waals surface area contributed by atoms with Gasteiger partial charge in [0, 0.05) is 13.8 Å². The number of ether oxygens (including phenoxy) is 2. The van der Waals surface area contributed by atoms with Crippen LogP contribution in [0, 0.1) is 28.6 Å². The molecule has 0 heterocycles. The van der Waals surface area contributed by atoms with Gasteiger partial charge >= 0.3 is 11.9 Å². The van der Waals surface area contributed by atoms with E-state index in [1.807, 2.05) is 0 Å². The molecule has 0 saturated heterocycles. The largest absolute Gasteiger partial charge is 0.466 e. The molecule has 2 aliphatic rings. The van der Waals surface area contributed by atoms with Crippen molar-refractivity contribution in [2.45, 2.75) is 79.6 Å². The summed E-state index contributed by atoms with van der Waals surface area (Å²) in [6.07, 6.45) is 8.53. The molecule has 0 aromatic carbocycles. The predicted octanol–water partition coefficient (Wildman–Crippen LogP) is 4.75. The summed E-state index contributed by atoms with van der Waals surface area (Å²) in [4.78, 5) is 22.5. The van der Waals surface area contributed by atoms with Crippen molar-refractivity contribution >= 4 is 11.9 Å². The third-order valence-corrected chi connectivity index (χ3v) is 6.61. The number of carbonyl (C=O) groups excluding carboxylic acids is 2. The van der Waals surface area contributed by atoms with Crippen molar-refractivity contribution in [3.05, 3.63) is 0 Å². The van der Waals surface area contributed by atoms with Crippen LogP contribution in [0.15, 0.2) is 0 Å². The van der Waals surface area contributed by atoms with Crippen molar-refractivity contribution in [1.82, 2.24) is 0 Å². The lowest BCUT2D eigenvalue weighted by molar-refractivity contribution is -0.149. The number of esters is 2. The van der Waals surface area contributed by atoms with Crippen LogP contribution in [0.2, 0.25) is 0 Å². The Morgan fingerprint density at radius 2 is 1.52 bits per heavy atom. The van der Waals surface area contributed by atoms with Crippen LogP contribution in [0.4, 0.5) is 0 Å². The van der Waals surface area contributed by atoms with E-state index in [9.17, 15) is 9.59 Å². The molecule has 0 bridgehead atoms. The van der Waals surface area contributed by atoms with Crippen molar-refractivity contribution in [2.24, 2.45) is 28.6 Å². The second-order valence-electron chi connectivity index (χ2n) is 9.48. The lowest BCUT2D eigenvalue weighted by Crippen LogP contribution is -2.42. The molecule has 2 unspecified atom stereocenters. The molecule has 4 atom stereocenters. The van der Waals surface area contributed by atoms with Gasteiger partial charge in [-0.2, -0.15) is 0 Å². The summed E-state index contributed by atoms with van der Waals surface area (Å²) in [5.41, 5.74) is 0.801. The highest BCUT2D eigenvalue weighted by molar-refractivity contribution is 5.66. The van der Waals surface area contributed by atoms with Gasteiger partial charge in [0.1, 0.15) is 0 Å². The fourth-order valence-electron chi connectivity index (χ4n) is 5.42. The van der Waals surface area contributed by atoms with E-state index < -0.39 is 0 Å². The SMILES string of the molecule is CC(=O)OC[C@@H]1CCC(C2(C)CCCC(C)(C)C2)C[C@@H]1COC(C)=O. The predicted molar refractivity (Wildman–Crippen MR) is 97.9 cm³/mol. The van der Waals surface area contributed by atoms with E-state index in [4.69, 9.17) is 9.47 Å². The second kappa shape index (κ2) is 8.09. The molecule has 2 rings (SSSR count). The van der Waals surface area contributed by atoms with Crippen molar-refractivity contribution in [2.75, 3.05) is 13.2 Å². The lowest BCUT2D eigenvalue weighted by Gasteiger charge is -2.50. The van der Waals surface area contributed by atoms with Crippen LogP contribution in [0.25, 0.3) is 0 Å². The van der Waals surface area contributed by atoms with Gasteiger partial charge < -0.3 is 9.47 Å². The average molecular weight is 353 g/mol. The molecule has 0 N–H and O–H groups in total. The maximum absolute atomic E-state index is 11.3. The molecule has 4 nitrogen and oxygen atoms in total. The summed E-state index contributed by atoms with van der Waals surface area (Å²) in [7, 11) is 0. The summed E-state index contributed by atoms with van der Waals surface area (Å²) in [5, 5.41) is 0. The molecular weight excluding hydrogens is 316 g/mol. The van der Waals surface area contributed by atoms with Crippen molar-refractivity contribution in [1.29, 1.82) is 0 Å². The van der Waals surface area contributed by atoms with Gasteiger partial charge in [0.2, 0.25) is 0 Å². The van der Waals surface area contributed by atoms with Crippen molar-refractivity contribution in [3.63, 3.8) is 0 Å². The number of rotatable bonds is 5. The molecule has 0 aromatic heterocycles. The van der Waals surface area contributed by atoms with Crippen LogP contribution in [0.5, 0.6) is 0 Å². The maximum Gasteiger partial charge on any atom is 0.302 e. The van der Waals surface area contributed by atoms with Crippen LogP contribution in [0.3, 0.4) is 0 Å². The molecule has 0 spiro atoms. The molecule has 25 heavy (non-hydrogen) atoms. The molecule has 0 aromatic rings. The normalized spacial score (nSPS) is 35.0. The first-order valence-electron chi connectivity index (χ1n) is 9.88. The maximum atomic E-state index is 11.3. The number of hydrogen-bond donors (Lipinski definition) is 0. The Labute approximate surface area is 153 Å². The number of carbonyl (C=O) groups is 2. The molecule has 0 aliphatic heterocycles. The summed E-state index contributed by atoms with van der Waals surface area (Å²) >= 11 is 0. The Bertz CT molecular complexity index is 484. The minimum Gasteiger partial charge on any atom is -0.466 e. The van der Waals surface area contributed by atoms with Crippen LogP contribution in [-0.2, 0) is 19.1 Å². The Morgan fingerprint density at radius 3 is 2.08 bits per heavy atom. The van der Waals surface area contributed by atoms with Crippen LogP contribution >= 0.6 is 0 Å². The van der Waals surface area contributed by atoms with Crippen molar-refractivity contribution in [3.8, 4) is 0 Å². The first-order chi connectivity index (χ1) is 11.6.